The van der Waals surface area contributed by atoms with Crippen LogP contribution in [0, 0.1) is 0 Å². The molecule has 0 saturated carbocycles. The molecule has 2 heterocycles. The molecular weight excluding hydrogens is 345 g/mol. The molecule has 0 radical (unpaired) electrons. The van der Waals surface area contributed by atoms with Gasteiger partial charge in [0.05, 0.1) is 19.4 Å². The van der Waals surface area contributed by atoms with Crippen LogP contribution in [0.1, 0.15) is 22.1 Å². The highest BCUT2D eigenvalue weighted by molar-refractivity contribution is 5.91. The lowest BCUT2D eigenvalue weighted by atomic mass is 10.4. The summed E-state index contributed by atoms with van der Waals surface area (Å²) in [6, 6.07) is 7.07. The van der Waals surface area contributed by atoms with E-state index in [1.807, 2.05) is 25.1 Å². The van der Waals surface area contributed by atoms with Crippen molar-refractivity contribution in [3.8, 4) is 0 Å². The molecule has 0 aliphatic carbocycles. The maximum Gasteiger partial charge on any atom is 0.490 e. The van der Waals surface area contributed by atoms with E-state index in [0.29, 0.717) is 24.6 Å². The number of nitrogens with one attached hydrogen (secondary N) is 1. The predicted octanol–water partition coefficient (Wildman–Crippen LogP) is 2.50. The van der Waals surface area contributed by atoms with Crippen LogP contribution < -0.4 is 5.32 Å². The minimum atomic E-state index is -5.08. The van der Waals surface area contributed by atoms with Crippen LogP contribution in [0.5, 0.6) is 0 Å². The van der Waals surface area contributed by atoms with Crippen molar-refractivity contribution in [3.63, 3.8) is 0 Å². The smallest absolute Gasteiger partial charge is 0.475 e. The normalized spacial score (nSPS) is 11.0. The van der Waals surface area contributed by atoms with Gasteiger partial charge in [-0.15, -0.1) is 0 Å². The first-order valence-corrected chi connectivity index (χ1v) is 6.93. The Bertz CT molecular complexity index is 678. The Hall–Kier alpha value is -2.75. The Morgan fingerprint density at radius 2 is 1.84 bits per heavy atom. The van der Waals surface area contributed by atoms with Gasteiger partial charge in [0.2, 0.25) is 0 Å². The molecule has 0 aliphatic rings. The fourth-order valence-electron chi connectivity index (χ4n) is 1.56. The summed E-state index contributed by atoms with van der Waals surface area (Å²) in [6.45, 7) is 1.03. The van der Waals surface area contributed by atoms with Gasteiger partial charge in [-0.1, -0.05) is 0 Å². The Kier molecular flexibility index (Phi) is 7.24. The SMILES string of the molecule is CN(C)Cc1ccc(C(=O)NCc2ccco2)o1.O=C(O)C(F)(F)F. The summed E-state index contributed by atoms with van der Waals surface area (Å²) in [5, 5.41) is 9.85. The lowest BCUT2D eigenvalue weighted by Crippen LogP contribution is -2.22. The van der Waals surface area contributed by atoms with Gasteiger partial charge >= 0.3 is 12.1 Å². The third-order valence-corrected chi connectivity index (χ3v) is 2.60. The summed E-state index contributed by atoms with van der Waals surface area (Å²) in [5.74, 6) is -1.20. The van der Waals surface area contributed by atoms with Crippen LogP contribution in [-0.2, 0) is 17.9 Å². The van der Waals surface area contributed by atoms with E-state index in [9.17, 15) is 18.0 Å². The molecule has 0 atom stereocenters. The molecule has 0 bridgehead atoms. The fraction of sp³-hybridized carbons (Fsp3) is 0.333. The van der Waals surface area contributed by atoms with Gasteiger partial charge in [0.25, 0.3) is 5.91 Å². The molecule has 0 aromatic carbocycles. The van der Waals surface area contributed by atoms with Crippen molar-refractivity contribution in [2.24, 2.45) is 0 Å². The average molecular weight is 362 g/mol. The van der Waals surface area contributed by atoms with E-state index in [-0.39, 0.29) is 5.91 Å². The highest BCUT2D eigenvalue weighted by atomic mass is 19.4. The number of carbonyl (C=O) groups is 2. The van der Waals surface area contributed by atoms with Crippen molar-refractivity contribution in [1.82, 2.24) is 10.2 Å². The molecule has 2 N–H and O–H groups in total. The lowest BCUT2D eigenvalue weighted by Gasteiger charge is -2.05. The maximum absolute atomic E-state index is 11.8. The monoisotopic (exact) mass is 362 g/mol. The number of aliphatic carboxylic acids is 1. The first-order chi connectivity index (χ1) is 11.6. The summed E-state index contributed by atoms with van der Waals surface area (Å²) in [7, 11) is 3.89. The number of hydrogen-bond acceptors (Lipinski definition) is 5. The molecule has 2 aromatic heterocycles. The van der Waals surface area contributed by atoms with E-state index in [1.54, 1.807) is 24.5 Å². The van der Waals surface area contributed by atoms with Crippen molar-refractivity contribution in [3.05, 3.63) is 47.8 Å². The summed E-state index contributed by atoms with van der Waals surface area (Å²) in [4.78, 5) is 22.7. The highest BCUT2D eigenvalue weighted by Gasteiger charge is 2.38. The van der Waals surface area contributed by atoms with E-state index in [4.69, 9.17) is 18.7 Å². The zero-order valence-electron chi connectivity index (χ0n) is 13.5. The van der Waals surface area contributed by atoms with E-state index in [1.165, 1.54) is 0 Å². The average Bonchev–Trinajstić information content (AvgIpc) is 3.15. The minimum Gasteiger partial charge on any atom is -0.475 e. The van der Waals surface area contributed by atoms with E-state index < -0.39 is 12.1 Å². The van der Waals surface area contributed by atoms with Crippen LogP contribution >= 0.6 is 0 Å². The number of nitrogens with zero attached hydrogens (tertiary/aromatic N) is 1. The number of halogens is 3. The van der Waals surface area contributed by atoms with Gasteiger partial charge in [-0.2, -0.15) is 13.2 Å². The quantitative estimate of drug-likeness (QED) is 0.848. The second-order valence-electron chi connectivity index (χ2n) is 5.07. The Morgan fingerprint density at radius 1 is 1.20 bits per heavy atom. The number of hydrogen-bond donors (Lipinski definition) is 2. The second-order valence-corrected chi connectivity index (χ2v) is 5.07. The highest BCUT2D eigenvalue weighted by Crippen LogP contribution is 2.13. The second kappa shape index (κ2) is 8.92. The van der Waals surface area contributed by atoms with Crippen LogP contribution in [0.25, 0.3) is 0 Å². The molecule has 2 aromatic rings. The Labute approximate surface area is 141 Å². The summed E-state index contributed by atoms with van der Waals surface area (Å²) < 4.78 is 42.3. The van der Waals surface area contributed by atoms with Crippen LogP contribution in [0.2, 0.25) is 0 Å². The zero-order chi connectivity index (χ0) is 19.0. The molecular formula is C15H17F3N2O5. The van der Waals surface area contributed by atoms with Crippen molar-refractivity contribution < 1.29 is 36.7 Å². The molecule has 0 saturated heterocycles. The number of carboxylic acids is 1. The summed E-state index contributed by atoms with van der Waals surface area (Å²) >= 11 is 0. The van der Waals surface area contributed by atoms with Crippen LogP contribution in [-0.4, -0.2) is 42.2 Å². The zero-order valence-corrected chi connectivity index (χ0v) is 13.5. The predicted molar refractivity (Wildman–Crippen MR) is 79.7 cm³/mol. The Balaban J connectivity index is 0.000000381. The first-order valence-electron chi connectivity index (χ1n) is 6.93. The van der Waals surface area contributed by atoms with Gasteiger partial charge in [0.1, 0.15) is 11.5 Å². The van der Waals surface area contributed by atoms with Crippen molar-refractivity contribution in [2.45, 2.75) is 19.3 Å². The van der Waals surface area contributed by atoms with Crippen LogP contribution in [0.4, 0.5) is 13.2 Å². The van der Waals surface area contributed by atoms with Crippen molar-refractivity contribution in [1.29, 1.82) is 0 Å². The van der Waals surface area contributed by atoms with Gasteiger partial charge in [-0.05, 0) is 38.4 Å². The van der Waals surface area contributed by atoms with Gasteiger partial charge < -0.3 is 24.2 Å². The molecule has 7 nitrogen and oxygen atoms in total. The molecule has 138 valence electrons. The van der Waals surface area contributed by atoms with E-state index in [2.05, 4.69) is 5.32 Å². The molecule has 0 spiro atoms. The number of carbonyl (C=O) groups excluding carboxylic acids is 1. The third kappa shape index (κ3) is 7.57. The van der Waals surface area contributed by atoms with Crippen molar-refractivity contribution >= 4 is 11.9 Å². The number of carboxylic acid groups (broad SMARTS) is 1. The molecule has 10 heteroatoms. The van der Waals surface area contributed by atoms with Gasteiger partial charge in [0.15, 0.2) is 5.76 Å². The molecule has 0 fully saturated rings. The van der Waals surface area contributed by atoms with Gasteiger partial charge in [0, 0.05) is 0 Å². The standard InChI is InChI=1S/C13H16N2O3.C2HF3O2/c1-15(2)9-11-5-6-12(18-11)13(16)14-8-10-4-3-7-17-10;3-2(4,5)1(6)7/h3-7H,8-9H2,1-2H3,(H,14,16);(H,6,7). The maximum atomic E-state index is 11.8. The van der Waals surface area contributed by atoms with Gasteiger partial charge in [-0.3, -0.25) is 4.79 Å². The largest absolute Gasteiger partial charge is 0.490 e. The minimum absolute atomic E-state index is 0.239. The molecule has 2 rings (SSSR count). The fourth-order valence-corrected chi connectivity index (χ4v) is 1.56. The van der Waals surface area contributed by atoms with Crippen LogP contribution in [0.3, 0.4) is 0 Å². The number of rotatable bonds is 5. The third-order valence-electron chi connectivity index (χ3n) is 2.60. The Morgan fingerprint density at radius 3 is 2.32 bits per heavy atom. The number of alkyl halides is 3. The molecule has 0 aliphatic heterocycles. The molecule has 1 amide bonds. The van der Waals surface area contributed by atoms with Crippen molar-refractivity contribution in [2.75, 3.05) is 14.1 Å². The van der Waals surface area contributed by atoms with Crippen LogP contribution in [0.15, 0.2) is 39.4 Å². The van der Waals surface area contributed by atoms with Gasteiger partial charge in [-0.25, -0.2) is 4.79 Å². The summed E-state index contributed by atoms with van der Waals surface area (Å²) in [6.07, 6.45) is -3.51. The molecule has 25 heavy (non-hydrogen) atoms. The lowest BCUT2D eigenvalue weighted by molar-refractivity contribution is -0.192. The number of amides is 1. The van der Waals surface area contributed by atoms with E-state index in [0.717, 1.165) is 5.76 Å². The first kappa shape index (κ1) is 20.3. The summed E-state index contributed by atoms with van der Waals surface area (Å²) in [5.41, 5.74) is 0. The molecule has 0 unspecified atom stereocenters. The number of furan rings is 2. The topological polar surface area (TPSA) is 95.9 Å². The van der Waals surface area contributed by atoms with E-state index >= 15 is 0 Å².